The minimum absolute atomic E-state index is 0.144. The summed E-state index contributed by atoms with van der Waals surface area (Å²) in [4.78, 5) is 10.6. The highest BCUT2D eigenvalue weighted by molar-refractivity contribution is 5.81. The lowest BCUT2D eigenvalue weighted by molar-refractivity contribution is -0.203. The molecule has 12 heavy (non-hydrogen) atoms. The van der Waals surface area contributed by atoms with Crippen molar-refractivity contribution in [1.29, 1.82) is 0 Å². The van der Waals surface area contributed by atoms with Crippen LogP contribution in [0.4, 0.5) is 0 Å². The quantitative estimate of drug-likeness (QED) is 0.458. The predicted molar refractivity (Wildman–Crippen MR) is 41.5 cm³/mol. The maximum Gasteiger partial charge on any atom is 0.330 e. The maximum atomic E-state index is 10.6. The Balaban J connectivity index is 2.12. The summed E-state index contributed by atoms with van der Waals surface area (Å²) in [6.45, 7) is 4.74. The van der Waals surface area contributed by atoms with Crippen molar-refractivity contribution in [3.8, 4) is 0 Å². The van der Waals surface area contributed by atoms with Crippen LogP contribution in [0.25, 0.3) is 0 Å². The third kappa shape index (κ3) is 3.02. The van der Waals surface area contributed by atoms with Crippen LogP contribution >= 0.6 is 0 Å². The van der Waals surface area contributed by atoms with E-state index in [-0.39, 0.29) is 6.61 Å². The first-order chi connectivity index (χ1) is 5.83. The smallest absolute Gasteiger partial charge is 0.330 e. The molecule has 0 N–H and O–H groups in total. The van der Waals surface area contributed by atoms with Gasteiger partial charge in [0.2, 0.25) is 0 Å². The second-order valence-electron chi connectivity index (χ2n) is 2.36. The molecule has 1 saturated heterocycles. The van der Waals surface area contributed by atoms with Gasteiger partial charge < -0.3 is 14.2 Å². The first-order valence-corrected chi connectivity index (χ1v) is 3.85. The molecule has 1 aliphatic rings. The first-order valence-electron chi connectivity index (χ1n) is 3.85. The fraction of sp³-hybridized carbons (Fsp3) is 0.625. The van der Waals surface area contributed by atoms with E-state index < -0.39 is 12.3 Å². The topological polar surface area (TPSA) is 44.8 Å². The molecular formula is C8H12O4. The average Bonchev–Trinajstić information content (AvgIpc) is 2.16. The Morgan fingerprint density at radius 1 is 1.58 bits per heavy atom. The molecule has 0 spiro atoms. The zero-order valence-electron chi connectivity index (χ0n) is 6.82. The fourth-order valence-electron chi connectivity index (χ4n) is 0.842. The monoisotopic (exact) mass is 172 g/mol. The third-order valence-corrected chi connectivity index (χ3v) is 1.42. The maximum absolute atomic E-state index is 10.6. The standard InChI is InChI=1S/C8H12O4/c1-2-7(9)12-6-8-10-4-3-5-11-8/h2,8H,1,3-6H2. The van der Waals surface area contributed by atoms with Crippen LogP contribution in [0.1, 0.15) is 6.42 Å². The van der Waals surface area contributed by atoms with Crippen molar-refractivity contribution in [3.05, 3.63) is 12.7 Å². The van der Waals surface area contributed by atoms with Gasteiger partial charge >= 0.3 is 5.97 Å². The van der Waals surface area contributed by atoms with Crippen LogP contribution in [-0.4, -0.2) is 32.1 Å². The van der Waals surface area contributed by atoms with Gasteiger partial charge in [-0.1, -0.05) is 6.58 Å². The van der Waals surface area contributed by atoms with Crippen LogP contribution in [0.3, 0.4) is 0 Å². The van der Waals surface area contributed by atoms with Crippen molar-refractivity contribution in [2.24, 2.45) is 0 Å². The molecule has 0 aromatic carbocycles. The molecule has 1 aliphatic heterocycles. The minimum Gasteiger partial charge on any atom is -0.457 e. The van der Waals surface area contributed by atoms with Crippen molar-refractivity contribution >= 4 is 5.97 Å². The number of esters is 1. The Morgan fingerprint density at radius 3 is 2.83 bits per heavy atom. The molecule has 0 saturated carbocycles. The molecule has 1 heterocycles. The molecule has 0 aromatic rings. The highest BCUT2D eigenvalue weighted by atomic mass is 16.7. The molecule has 0 radical (unpaired) electrons. The summed E-state index contributed by atoms with van der Waals surface area (Å²) in [6.07, 6.45) is 1.61. The Labute approximate surface area is 71.1 Å². The van der Waals surface area contributed by atoms with Gasteiger partial charge in [-0.25, -0.2) is 4.79 Å². The summed E-state index contributed by atoms with van der Waals surface area (Å²) in [5.41, 5.74) is 0. The molecule has 4 nitrogen and oxygen atoms in total. The first kappa shape index (κ1) is 9.22. The lowest BCUT2D eigenvalue weighted by Gasteiger charge is -2.22. The molecule has 4 heteroatoms. The molecule has 1 rings (SSSR count). The van der Waals surface area contributed by atoms with Crippen LogP contribution in [0.15, 0.2) is 12.7 Å². The number of rotatable bonds is 3. The SMILES string of the molecule is C=CC(=O)OCC1OCCCO1. The zero-order valence-corrected chi connectivity index (χ0v) is 6.82. The summed E-state index contributed by atoms with van der Waals surface area (Å²) < 4.78 is 15.0. The summed E-state index contributed by atoms with van der Waals surface area (Å²) >= 11 is 0. The van der Waals surface area contributed by atoms with Gasteiger partial charge in [0.1, 0.15) is 6.61 Å². The van der Waals surface area contributed by atoms with E-state index in [1.165, 1.54) is 0 Å². The van der Waals surface area contributed by atoms with E-state index in [9.17, 15) is 4.79 Å². The zero-order chi connectivity index (χ0) is 8.81. The van der Waals surface area contributed by atoms with Crippen molar-refractivity contribution in [1.82, 2.24) is 0 Å². The molecular weight excluding hydrogens is 160 g/mol. The van der Waals surface area contributed by atoms with E-state index in [0.717, 1.165) is 12.5 Å². The summed E-state index contributed by atoms with van der Waals surface area (Å²) in [5.74, 6) is -0.451. The van der Waals surface area contributed by atoms with Gasteiger partial charge in [0.15, 0.2) is 6.29 Å². The average molecular weight is 172 g/mol. The molecule has 0 bridgehead atoms. The second kappa shape index (κ2) is 4.90. The van der Waals surface area contributed by atoms with Gasteiger partial charge in [-0.2, -0.15) is 0 Å². The van der Waals surface area contributed by atoms with E-state index in [4.69, 9.17) is 14.2 Å². The van der Waals surface area contributed by atoms with E-state index in [1.807, 2.05) is 0 Å². The highest BCUT2D eigenvalue weighted by Gasteiger charge is 2.15. The molecule has 0 amide bonds. The Morgan fingerprint density at radius 2 is 2.25 bits per heavy atom. The van der Waals surface area contributed by atoms with Crippen LogP contribution in [0.5, 0.6) is 0 Å². The van der Waals surface area contributed by atoms with Gasteiger partial charge in [0, 0.05) is 6.08 Å². The van der Waals surface area contributed by atoms with Gasteiger partial charge in [-0.15, -0.1) is 0 Å². The number of hydrogen-bond acceptors (Lipinski definition) is 4. The summed E-state index contributed by atoms with van der Waals surface area (Å²) in [5, 5.41) is 0. The number of carbonyl (C=O) groups is 1. The third-order valence-electron chi connectivity index (χ3n) is 1.42. The predicted octanol–water partition coefficient (Wildman–Crippen LogP) is 0.479. The van der Waals surface area contributed by atoms with Crippen LogP contribution in [-0.2, 0) is 19.0 Å². The van der Waals surface area contributed by atoms with Crippen molar-refractivity contribution in [2.45, 2.75) is 12.7 Å². The molecule has 0 aliphatic carbocycles. The minimum atomic E-state index is -0.451. The Kier molecular flexibility index (Phi) is 3.76. The molecule has 1 fully saturated rings. The van der Waals surface area contributed by atoms with Crippen LogP contribution < -0.4 is 0 Å². The highest BCUT2D eigenvalue weighted by Crippen LogP contribution is 2.04. The van der Waals surface area contributed by atoms with Crippen molar-refractivity contribution < 1.29 is 19.0 Å². The second-order valence-corrected chi connectivity index (χ2v) is 2.36. The van der Waals surface area contributed by atoms with E-state index in [2.05, 4.69) is 6.58 Å². The largest absolute Gasteiger partial charge is 0.457 e. The van der Waals surface area contributed by atoms with Crippen LogP contribution in [0.2, 0.25) is 0 Å². The van der Waals surface area contributed by atoms with Gasteiger partial charge in [0.05, 0.1) is 13.2 Å². The van der Waals surface area contributed by atoms with E-state index in [1.54, 1.807) is 0 Å². The molecule has 68 valence electrons. The number of carbonyl (C=O) groups excluding carboxylic acids is 1. The molecule has 0 aromatic heterocycles. The Hall–Kier alpha value is -0.870. The lowest BCUT2D eigenvalue weighted by Crippen LogP contribution is -2.30. The van der Waals surface area contributed by atoms with Crippen LogP contribution in [0, 0.1) is 0 Å². The number of ether oxygens (including phenoxy) is 3. The van der Waals surface area contributed by atoms with Crippen molar-refractivity contribution in [2.75, 3.05) is 19.8 Å². The lowest BCUT2D eigenvalue weighted by atomic mass is 10.4. The van der Waals surface area contributed by atoms with E-state index >= 15 is 0 Å². The molecule has 0 atom stereocenters. The van der Waals surface area contributed by atoms with Crippen molar-refractivity contribution in [3.63, 3.8) is 0 Å². The van der Waals surface area contributed by atoms with Gasteiger partial charge in [-0.05, 0) is 6.42 Å². The number of hydrogen-bond donors (Lipinski definition) is 0. The normalized spacial score (nSPS) is 18.7. The fourth-order valence-corrected chi connectivity index (χ4v) is 0.842. The summed E-state index contributed by atoms with van der Waals surface area (Å²) in [6, 6.07) is 0. The van der Waals surface area contributed by atoms with Gasteiger partial charge in [-0.3, -0.25) is 0 Å². The summed E-state index contributed by atoms with van der Waals surface area (Å²) in [7, 11) is 0. The Bertz CT molecular complexity index is 160. The van der Waals surface area contributed by atoms with E-state index in [0.29, 0.717) is 13.2 Å². The van der Waals surface area contributed by atoms with Gasteiger partial charge in [0.25, 0.3) is 0 Å². The molecule has 0 unspecified atom stereocenters.